The van der Waals surface area contributed by atoms with Crippen LogP contribution in [0, 0.1) is 17.8 Å². The van der Waals surface area contributed by atoms with E-state index in [0.717, 1.165) is 78.7 Å². The average molecular weight is 952 g/mol. The number of rotatable bonds is 24. The molecule has 4 amide bonds. The van der Waals surface area contributed by atoms with Crippen molar-refractivity contribution >= 4 is 56.2 Å². The van der Waals surface area contributed by atoms with Crippen molar-refractivity contribution in [2.45, 2.75) is 180 Å². The fraction of sp³-hybridized carbons (Fsp3) is 0.673. The molecule has 1 aromatic carbocycles. The number of unbranched alkanes of at least 4 members (excludes halogenated alkanes) is 2. The van der Waals surface area contributed by atoms with Gasteiger partial charge in [-0.3, -0.25) is 23.7 Å². The predicted octanol–water partition coefficient (Wildman–Crippen LogP) is 8.71. The summed E-state index contributed by atoms with van der Waals surface area (Å²) in [5.74, 6) is -0.610. The number of imidazole rings is 1. The van der Waals surface area contributed by atoms with Crippen LogP contribution in [0.15, 0.2) is 30.4 Å². The number of aromatic nitrogens is 3. The van der Waals surface area contributed by atoms with Crippen LogP contribution in [0.1, 0.15) is 162 Å². The summed E-state index contributed by atoms with van der Waals surface area (Å²) in [5, 5.41) is 3.42. The molecule has 3 aromatic rings. The molecule has 2 aromatic heterocycles. The first-order valence-electron chi connectivity index (χ1n) is 24.1. The Kier molecular flexibility index (Phi) is 16.3. The molecule has 15 nitrogen and oxygen atoms in total. The van der Waals surface area contributed by atoms with E-state index >= 15 is 0 Å². The number of alkyl carbamates (subject to hydrolysis) is 1. The molecule has 4 N–H and O–H groups in total. The smallest absolute Gasteiger partial charge is 0.408 e. The maximum Gasteiger partial charge on any atom is 0.408 e. The number of amides is 4. The quantitative estimate of drug-likeness (QED) is 0.0575. The Morgan fingerprint density at radius 2 is 1.74 bits per heavy atom. The lowest BCUT2D eigenvalue weighted by Crippen LogP contribution is -2.48. The van der Waals surface area contributed by atoms with Crippen LogP contribution in [-0.2, 0) is 35.6 Å². The number of primary amides is 1. The van der Waals surface area contributed by atoms with Gasteiger partial charge in [-0.05, 0) is 128 Å². The Bertz CT molecular complexity index is 2360. The molecule has 3 fully saturated rings. The van der Waals surface area contributed by atoms with E-state index in [1.807, 2.05) is 57.4 Å². The lowest BCUT2D eigenvalue weighted by atomic mass is 9.97. The predicted molar refractivity (Wildman–Crippen MR) is 259 cm³/mol. The van der Waals surface area contributed by atoms with Crippen LogP contribution in [0.4, 0.5) is 4.79 Å². The van der Waals surface area contributed by atoms with Crippen molar-refractivity contribution in [1.29, 1.82) is 0 Å². The van der Waals surface area contributed by atoms with Gasteiger partial charge in [-0.2, -0.15) is 4.98 Å². The van der Waals surface area contributed by atoms with E-state index in [2.05, 4.69) is 49.9 Å². The van der Waals surface area contributed by atoms with Gasteiger partial charge in [0.2, 0.25) is 27.7 Å². The molecule has 0 bridgehead atoms. The number of sulfonamides is 1. The first-order valence-corrected chi connectivity index (χ1v) is 26.4. The second-order valence-electron chi connectivity index (χ2n) is 20.3. The van der Waals surface area contributed by atoms with Crippen LogP contribution >= 0.6 is 11.3 Å². The van der Waals surface area contributed by atoms with Crippen molar-refractivity contribution in [1.82, 2.24) is 29.5 Å². The van der Waals surface area contributed by atoms with E-state index in [-0.39, 0.29) is 43.3 Å². The standard InChI is InChI=1S/C49H73N7O8S2/c1-10-33-26-36(33)44(59)54-66(61,62)49(24-25-49)22-16-14-12-11-13-15-20-39-41(31(4)5)52-45(65-39)35-18-17-19-37-42(35)53-46(56(37)32(6)7)63-34-27-38(43(50)58)55(29-34)40(57)28-51-47(60)64-48(8,9)23-21-30(2)3/h11-12,17-19,30-34,36,38H,10,13-16,20-29H2,1-9H3,(H2,50,58)(H,51,60)(H,54,59)/b12-11+/t33-,34-,36+,38+/m1/s1. The first-order chi connectivity index (χ1) is 31.2. The van der Waals surface area contributed by atoms with Crippen molar-refractivity contribution in [2.75, 3.05) is 13.1 Å². The Hall–Kier alpha value is -4.51. The molecule has 0 unspecified atom stereocenters. The van der Waals surface area contributed by atoms with Gasteiger partial charge >= 0.3 is 6.09 Å². The number of fused-ring (bicyclic) bond motifs is 1. The molecule has 2 saturated carbocycles. The molecule has 0 spiro atoms. The van der Waals surface area contributed by atoms with Crippen LogP contribution in [0.25, 0.3) is 21.6 Å². The van der Waals surface area contributed by atoms with Gasteiger partial charge in [0.15, 0.2) is 0 Å². The number of allylic oxidation sites excluding steroid dienone is 2. The number of nitrogens with two attached hydrogens (primary N) is 1. The Balaban J connectivity index is 1.06. The van der Waals surface area contributed by atoms with E-state index < -0.39 is 50.4 Å². The Morgan fingerprint density at radius 1 is 1.03 bits per heavy atom. The van der Waals surface area contributed by atoms with Crippen LogP contribution in [-0.4, -0.2) is 87.3 Å². The minimum Gasteiger partial charge on any atom is -0.459 e. The van der Waals surface area contributed by atoms with Crippen molar-refractivity contribution in [3.05, 3.63) is 40.9 Å². The minimum atomic E-state index is -3.67. The first kappa shape index (κ1) is 50.9. The lowest BCUT2D eigenvalue weighted by Gasteiger charge is -2.26. The largest absolute Gasteiger partial charge is 0.459 e. The number of aryl methyl sites for hydroxylation is 1. The number of likely N-dealkylation sites (tertiary alicyclic amines) is 1. The number of benzene rings is 1. The minimum absolute atomic E-state index is 0.0336. The number of thiazole rings is 1. The van der Waals surface area contributed by atoms with E-state index in [1.54, 1.807) is 11.3 Å². The van der Waals surface area contributed by atoms with Crippen molar-refractivity contribution < 1.29 is 37.1 Å². The summed E-state index contributed by atoms with van der Waals surface area (Å²) in [5.41, 5.74) is 8.67. The zero-order chi connectivity index (χ0) is 48.1. The summed E-state index contributed by atoms with van der Waals surface area (Å²) in [4.78, 5) is 64.0. The van der Waals surface area contributed by atoms with Crippen LogP contribution in [0.5, 0.6) is 6.01 Å². The van der Waals surface area contributed by atoms with Crippen molar-refractivity contribution in [3.63, 3.8) is 0 Å². The molecule has 1 saturated heterocycles. The van der Waals surface area contributed by atoms with Gasteiger partial charge < -0.3 is 25.4 Å². The molecule has 66 heavy (non-hydrogen) atoms. The summed E-state index contributed by atoms with van der Waals surface area (Å²) in [6.45, 7) is 18.1. The molecule has 6 rings (SSSR count). The normalized spacial score (nSPS) is 20.5. The van der Waals surface area contributed by atoms with Crippen molar-refractivity contribution in [3.8, 4) is 16.6 Å². The van der Waals surface area contributed by atoms with Crippen LogP contribution < -0.4 is 20.5 Å². The Labute approximate surface area is 395 Å². The van der Waals surface area contributed by atoms with Crippen molar-refractivity contribution in [2.24, 2.45) is 23.5 Å². The topological polar surface area (TPSA) is 205 Å². The van der Waals surface area contributed by atoms with E-state index in [4.69, 9.17) is 25.2 Å². The van der Waals surface area contributed by atoms with Gasteiger partial charge in [-0.1, -0.05) is 59.3 Å². The number of carbonyl (C=O) groups excluding carboxylic acids is 4. The SMILES string of the molecule is CC[C@@H]1C[C@@H]1C(=O)NS(=O)(=O)C1(CCC/C=C/CCCc2sc(-c3cccc4c3nc(O[C@@H]3C[C@@H](C(N)=O)N(C(=O)CNC(=O)OC(C)(C)CCC(C)C)C3)n4C(C)C)nc2C(C)C)CC1. The molecular formula is C49H73N7O8S2. The number of carbonyl (C=O) groups is 4. The number of hydrogen-bond acceptors (Lipinski definition) is 11. The molecular weight excluding hydrogens is 879 g/mol. The van der Waals surface area contributed by atoms with Crippen LogP contribution in [0.2, 0.25) is 0 Å². The van der Waals surface area contributed by atoms with E-state index in [1.165, 1.54) is 9.78 Å². The van der Waals surface area contributed by atoms with Gasteiger partial charge in [-0.25, -0.2) is 18.2 Å². The summed E-state index contributed by atoms with van der Waals surface area (Å²) >= 11 is 1.68. The highest BCUT2D eigenvalue weighted by Gasteiger charge is 2.55. The number of hydrogen-bond donors (Lipinski definition) is 3. The fourth-order valence-corrected chi connectivity index (χ4v) is 12.0. The van der Waals surface area contributed by atoms with Gasteiger partial charge in [0.05, 0.1) is 22.5 Å². The molecule has 17 heteroatoms. The lowest BCUT2D eigenvalue weighted by molar-refractivity contribution is -0.136. The van der Waals surface area contributed by atoms with Gasteiger partial charge in [0.1, 0.15) is 34.8 Å². The molecule has 3 heterocycles. The third-order valence-corrected chi connectivity index (χ3v) is 16.7. The second kappa shape index (κ2) is 21.2. The third kappa shape index (κ3) is 12.3. The molecule has 0 radical (unpaired) electrons. The number of para-hydroxylation sites is 1. The van der Waals surface area contributed by atoms with Gasteiger partial charge in [-0.15, -0.1) is 11.3 Å². The summed E-state index contributed by atoms with van der Waals surface area (Å²) in [6.07, 6.45) is 12.5. The molecule has 1 aliphatic heterocycles. The zero-order valence-corrected chi connectivity index (χ0v) is 42.1. The van der Waals surface area contributed by atoms with E-state index in [0.29, 0.717) is 43.5 Å². The summed E-state index contributed by atoms with van der Waals surface area (Å²) in [7, 11) is -3.67. The van der Waals surface area contributed by atoms with Crippen LogP contribution in [0.3, 0.4) is 0 Å². The summed E-state index contributed by atoms with van der Waals surface area (Å²) < 4.78 is 41.9. The Morgan fingerprint density at radius 3 is 2.36 bits per heavy atom. The second-order valence-corrected chi connectivity index (χ2v) is 23.5. The van der Waals surface area contributed by atoms with Gasteiger partial charge in [0, 0.05) is 28.8 Å². The highest BCUT2D eigenvalue weighted by atomic mass is 32.2. The van der Waals surface area contributed by atoms with E-state index in [9.17, 15) is 27.6 Å². The maximum atomic E-state index is 13.4. The third-order valence-electron chi connectivity index (χ3n) is 13.3. The summed E-state index contributed by atoms with van der Waals surface area (Å²) in [6, 6.07) is 5.45. The highest BCUT2D eigenvalue weighted by Crippen LogP contribution is 2.48. The molecule has 3 aliphatic rings. The monoisotopic (exact) mass is 951 g/mol. The number of ether oxygens (including phenoxy) is 2. The highest BCUT2D eigenvalue weighted by molar-refractivity contribution is 7.91. The fourth-order valence-electron chi connectivity index (χ4n) is 9.05. The average Bonchev–Trinajstić information content (AvgIpc) is 4.08. The molecule has 364 valence electrons. The molecule has 2 aliphatic carbocycles. The maximum absolute atomic E-state index is 13.4. The number of nitrogens with zero attached hydrogens (tertiary/aromatic N) is 4. The zero-order valence-electron chi connectivity index (χ0n) is 40.5. The molecule has 4 atom stereocenters. The van der Waals surface area contributed by atoms with Gasteiger partial charge in [0.25, 0.3) is 6.01 Å². The number of nitrogens with one attached hydrogen (secondary N) is 2.